The van der Waals surface area contributed by atoms with E-state index in [0.29, 0.717) is 11.4 Å². The molecule has 3 rings (SSSR count). The topological polar surface area (TPSA) is 28.7 Å². The lowest BCUT2D eigenvalue weighted by molar-refractivity contribution is 0.625. The minimum Gasteiger partial charge on any atom is -0.353 e. The first-order valence-corrected chi connectivity index (χ1v) is 5.03. The van der Waals surface area contributed by atoms with Gasteiger partial charge in [-0.05, 0) is 24.3 Å². The molecule has 16 heavy (non-hydrogen) atoms. The maximum Gasteiger partial charge on any atom is 0.150 e. The molecule has 2 heterocycles. The maximum atomic E-state index is 13.5. The average Bonchev–Trinajstić information content (AvgIpc) is 2.73. The Bertz CT molecular complexity index is 610. The summed E-state index contributed by atoms with van der Waals surface area (Å²) in [7, 11) is 0. The quantitative estimate of drug-likeness (QED) is 0.658. The van der Waals surface area contributed by atoms with Crippen LogP contribution in [0.5, 0.6) is 0 Å². The summed E-state index contributed by atoms with van der Waals surface area (Å²) >= 11 is 0. The van der Waals surface area contributed by atoms with Crippen molar-refractivity contribution in [1.29, 1.82) is 0 Å². The zero-order valence-corrected chi connectivity index (χ0v) is 8.44. The van der Waals surface area contributed by atoms with Crippen LogP contribution in [0.25, 0.3) is 22.3 Å². The minimum absolute atomic E-state index is 0.311. The molecule has 3 aromatic rings. The summed E-state index contributed by atoms with van der Waals surface area (Å²) in [4.78, 5) is 7.19. The average molecular weight is 212 g/mol. The molecular weight excluding hydrogens is 203 g/mol. The fraction of sp³-hybridized carbons (Fsp3) is 0. The molecule has 0 fully saturated rings. The van der Waals surface area contributed by atoms with Crippen LogP contribution in [-0.4, -0.2) is 9.97 Å². The highest BCUT2D eigenvalue weighted by Gasteiger charge is 2.08. The minimum atomic E-state index is -0.311. The van der Waals surface area contributed by atoms with Gasteiger partial charge in [-0.15, -0.1) is 0 Å². The second kappa shape index (κ2) is 3.45. The molecular formula is C13H9FN2. The van der Waals surface area contributed by atoms with Crippen LogP contribution in [0.15, 0.2) is 48.7 Å². The van der Waals surface area contributed by atoms with Crippen LogP contribution < -0.4 is 0 Å². The fourth-order valence-electron chi connectivity index (χ4n) is 1.78. The van der Waals surface area contributed by atoms with Crippen molar-refractivity contribution in [3.05, 3.63) is 54.5 Å². The van der Waals surface area contributed by atoms with Crippen molar-refractivity contribution in [2.75, 3.05) is 0 Å². The van der Waals surface area contributed by atoms with Gasteiger partial charge >= 0.3 is 0 Å². The Morgan fingerprint density at radius 3 is 2.75 bits per heavy atom. The first-order valence-electron chi connectivity index (χ1n) is 5.03. The molecule has 0 radical (unpaired) electrons. The summed E-state index contributed by atoms with van der Waals surface area (Å²) in [6.45, 7) is 0. The molecule has 2 nitrogen and oxygen atoms in total. The standard InChI is InChI=1S/C13H9FN2/c14-10-5-3-7-15-13(10)12-8-9-4-1-2-6-11(9)16-12/h1-8,16H. The molecule has 1 aromatic carbocycles. The molecule has 0 unspecified atom stereocenters. The highest BCUT2D eigenvalue weighted by molar-refractivity contribution is 5.85. The number of nitrogens with one attached hydrogen (secondary N) is 1. The number of pyridine rings is 1. The lowest BCUT2D eigenvalue weighted by Gasteiger charge is -1.97. The van der Waals surface area contributed by atoms with Crippen LogP contribution in [-0.2, 0) is 0 Å². The Kier molecular flexibility index (Phi) is 1.96. The van der Waals surface area contributed by atoms with Crippen molar-refractivity contribution < 1.29 is 4.39 Å². The number of hydrogen-bond acceptors (Lipinski definition) is 1. The molecule has 0 bridgehead atoms. The van der Waals surface area contributed by atoms with Crippen molar-refractivity contribution in [3.63, 3.8) is 0 Å². The van der Waals surface area contributed by atoms with E-state index in [2.05, 4.69) is 9.97 Å². The van der Waals surface area contributed by atoms with E-state index in [1.165, 1.54) is 6.07 Å². The first kappa shape index (κ1) is 9.09. The second-order valence-corrected chi connectivity index (χ2v) is 3.60. The Morgan fingerprint density at radius 2 is 1.94 bits per heavy atom. The number of para-hydroxylation sites is 1. The van der Waals surface area contributed by atoms with Gasteiger partial charge in [0.25, 0.3) is 0 Å². The van der Waals surface area contributed by atoms with E-state index in [0.717, 1.165) is 10.9 Å². The van der Waals surface area contributed by atoms with Crippen LogP contribution in [0.3, 0.4) is 0 Å². The lowest BCUT2D eigenvalue weighted by Crippen LogP contribution is -1.87. The van der Waals surface area contributed by atoms with Gasteiger partial charge in [-0.1, -0.05) is 18.2 Å². The summed E-state index contributed by atoms with van der Waals surface area (Å²) in [5.74, 6) is -0.311. The van der Waals surface area contributed by atoms with E-state index >= 15 is 0 Å². The molecule has 0 amide bonds. The van der Waals surface area contributed by atoms with Crippen LogP contribution in [0.1, 0.15) is 0 Å². The first-order chi connectivity index (χ1) is 7.84. The lowest BCUT2D eigenvalue weighted by atomic mass is 10.2. The van der Waals surface area contributed by atoms with Crippen LogP contribution >= 0.6 is 0 Å². The van der Waals surface area contributed by atoms with Gasteiger partial charge < -0.3 is 4.98 Å². The second-order valence-electron chi connectivity index (χ2n) is 3.60. The maximum absolute atomic E-state index is 13.5. The molecule has 2 aromatic heterocycles. The van der Waals surface area contributed by atoms with E-state index in [1.807, 2.05) is 30.3 Å². The van der Waals surface area contributed by atoms with Crippen molar-refractivity contribution >= 4 is 10.9 Å². The Hall–Kier alpha value is -2.16. The predicted molar refractivity (Wildman–Crippen MR) is 61.5 cm³/mol. The summed E-state index contributed by atoms with van der Waals surface area (Å²) in [6, 6.07) is 12.7. The van der Waals surface area contributed by atoms with Gasteiger partial charge in [-0.25, -0.2) is 4.39 Å². The van der Waals surface area contributed by atoms with Crippen molar-refractivity contribution in [1.82, 2.24) is 9.97 Å². The van der Waals surface area contributed by atoms with Crippen LogP contribution in [0.4, 0.5) is 4.39 Å². The molecule has 0 atom stereocenters. The predicted octanol–water partition coefficient (Wildman–Crippen LogP) is 3.37. The van der Waals surface area contributed by atoms with E-state index in [9.17, 15) is 4.39 Å². The van der Waals surface area contributed by atoms with Gasteiger partial charge in [-0.3, -0.25) is 4.98 Å². The smallest absolute Gasteiger partial charge is 0.150 e. The molecule has 0 saturated carbocycles. The van der Waals surface area contributed by atoms with E-state index < -0.39 is 0 Å². The third kappa shape index (κ3) is 1.37. The molecule has 0 aliphatic rings. The summed E-state index contributed by atoms with van der Waals surface area (Å²) in [6.07, 6.45) is 1.59. The van der Waals surface area contributed by atoms with E-state index in [4.69, 9.17) is 0 Å². The molecule has 0 aliphatic carbocycles. The number of fused-ring (bicyclic) bond motifs is 1. The third-order valence-electron chi connectivity index (χ3n) is 2.54. The molecule has 0 saturated heterocycles. The zero-order valence-electron chi connectivity index (χ0n) is 8.44. The van der Waals surface area contributed by atoms with Gasteiger partial charge in [-0.2, -0.15) is 0 Å². The van der Waals surface area contributed by atoms with Gasteiger partial charge in [0.2, 0.25) is 0 Å². The molecule has 0 spiro atoms. The van der Waals surface area contributed by atoms with Gasteiger partial charge in [0.15, 0.2) is 5.82 Å². The Morgan fingerprint density at radius 1 is 1.06 bits per heavy atom. The number of hydrogen-bond donors (Lipinski definition) is 1. The molecule has 1 N–H and O–H groups in total. The number of rotatable bonds is 1. The third-order valence-corrected chi connectivity index (χ3v) is 2.54. The summed E-state index contributed by atoms with van der Waals surface area (Å²) in [5.41, 5.74) is 2.06. The molecule has 78 valence electrons. The van der Waals surface area contributed by atoms with Gasteiger partial charge in [0.05, 0.1) is 5.69 Å². The number of H-pyrrole nitrogens is 1. The van der Waals surface area contributed by atoms with Gasteiger partial charge in [0, 0.05) is 17.1 Å². The molecule has 0 aliphatic heterocycles. The summed E-state index contributed by atoms with van der Waals surface area (Å²) in [5, 5.41) is 1.06. The number of benzene rings is 1. The highest BCUT2D eigenvalue weighted by atomic mass is 19.1. The highest BCUT2D eigenvalue weighted by Crippen LogP contribution is 2.23. The van der Waals surface area contributed by atoms with Crippen molar-refractivity contribution in [2.45, 2.75) is 0 Å². The molecule has 3 heteroatoms. The van der Waals surface area contributed by atoms with Gasteiger partial charge in [0.1, 0.15) is 5.69 Å². The van der Waals surface area contributed by atoms with Crippen molar-refractivity contribution in [2.24, 2.45) is 0 Å². The largest absolute Gasteiger partial charge is 0.353 e. The summed E-state index contributed by atoms with van der Waals surface area (Å²) < 4.78 is 13.5. The zero-order chi connectivity index (χ0) is 11.0. The number of aromatic nitrogens is 2. The fourth-order valence-corrected chi connectivity index (χ4v) is 1.78. The van der Waals surface area contributed by atoms with Crippen molar-refractivity contribution in [3.8, 4) is 11.4 Å². The van der Waals surface area contributed by atoms with Crippen LogP contribution in [0.2, 0.25) is 0 Å². The SMILES string of the molecule is Fc1cccnc1-c1cc2ccccc2[nH]1. The van der Waals surface area contributed by atoms with E-state index in [1.54, 1.807) is 12.3 Å². The number of nitrogens with zero attached hydrogens (tertiary/aromatic N) is 1. The number of aromatic amines is 1. The van der Waals surface area contributed by atoms with Crippen LogP contribution in [0, 0.1) is 5.82 Å². The Labute approximate surface area is 91.8 Å². The monoisotopic (exact) mass is 212 g/mol. The van der Waals surface area contributed by atoms with E-state index in [-0.39, 0.29) is 5.82 Å². The normalized spacial score (nSPS) is 10.8. The number of halogens is 1. The Balaban J connectivity index is 2.23.